The molecule has 0 radical (unpaired) electrons. The molecule has 2 aromatic carbocycles. The molecule has 0 saturated carbocycles. The fourth-order valence-electron chi connectivity index (χ4n) is 3.78. The molecule has 5 nitrogen and oxygen atoms in total. The first kappa shape index (κ1) is 22.6. The molecule has 0 saturated heterocycles. The van der Waals surface area contributed by atoms with Gasteiger partial charge in [-0.25, -0.2) is 0 Å². The highest BCUT2D eigenvalue weighted by molar-refractivity contribution is 6.08. The predicted octanol–water partition coefficient (Wildman–Crippen LogP) is 4.72. The summed E-state index contributed by atoms with van der Waals surface area (Å²) in [5.74, 6) is 0.743. The maximum absolute atomic E-state index is 11.7. The molecule has 2 unspecified atom stereocenters. The largest absolute Gasteiger partial charge is 0.508 e. The number of phenolic OH excluding ortho intramolecular Hbond substituents is 2. The molecule has 0 amide bonds. The molecular formula is C26H30O5. The van der Waals surface area contributed by atoms with Crippen LogP contribution in [0, 0.1) is 0 Å². The standard InChI is InChI=1S/C26H30O5/c1-17(2)5-4-14-26(3,30)24-15-22-23(31-24)13-12-21(25(22)29)19(16-27)9-6-18-7-10-20(28)11-8-18/h5,7-13,16,24,28-30H,4,6,14-15H2,1-3H3. The zero-order valence-corrected chi connectivity index (χ0v) is 18.3. The molecular weight excluding hydrogens is 392 g/mol. The number of fused-ring (bicyclic) bond motifs is 1. The molecule has 3 N–H and O–H groups in total. The van der Waals surface area contributed by atoms with Gasteiger partial charge in [0.2, 0.25) is 0 Å². The number of benzene rings is 2. The summed E-state index contributed by atoms with van der Waals surface area (Å²) in [6.07, 6.45) is 6.27. The van der Waals surface area contributed by atoms with Crippen molar-refractivity contribution in [2.75, 3.05) is 0 Å². The Morgan fingerprint density at radius 1 is 1.13 bits per heavy atom. The fourth-order valence-corrected chi connectivity index (χ4v) is 3.78. The van der Waals surface area contributed by atoms with E-state index in [1.807, 2.05) is 13.8 Å². The van der Waals surface area contributed by atoms with E-state index >= 15 is 0 Å². The van der Waals surface area contributed by atoms with Crippen LogP contribution in [0.1, 0.15) is 50.3 Å². The summed E-state index contributed by atoms with van der Waals surface area (Å²) >= 11 is 0. The van der Waals surface area contributed by atoms with Crippen LogP contribution in [0.4, 0.5) is 0 Å². The average Bonchev–Trinajstić information content (AvgIpc) is 3.17. The van der Waals surface area contributed by atoms with Gasteiger partial charge in [0, 0.05) is 23.1 Å². The van der Waals surface area contributed by atoms with Gasteiger partial charge in [-0.3, -0.25) is 4.79 Å². The average molecular weight is 423 g/mol. The molecule has 164 valence electrons. The van der Waals surface area contributed by atoms with E-state index in [9.17, 15) is 20.1 Å². The van der Waals surface area contributed by atoms with E-state index < -0.39 is 11.7 Å². The molecule has 0 fully saturated rings. The van der Waals surface area contributed by atoms with E-state index in [1.54, 1.807) is 49.4 Å². The molecule has 31 heavy (non-hydrogen) atoms. The normalized spacial score (nSPS) is 17.4. The number of rotatable bonds is 8. The Morgan fingerprint density at radius 2 is 1.84 bits per heavy atom. The van der Waals surface area contributed by atoms with Crippen LogP contribution in [0.5, 0.6) is 17.2 Å². The molecule has 0 spiro atoms. The van der Waals surface area contributed by atoms with Crippen LogP contribution in [0.15, 0.2) is 54.1 Å². The summed E-state index contributed by atoms with van der Waals surface area (Å²) in [7, 11) is 0. The maximum Gasteiger partial charge on any atom is 0.150 e. The van der Waals surface area contributed by atoms with Gasteiger partial charge in [0.05, 0.1) is 5.60 Å². The lowest BCUT2D eigenvalue weighted by atomic mass is 9.89. The molecule has 3 rings (SSSR count). The SMILES string of the molecule is CC(C)=CCCC(C)(O)C1Cc2c(ccc(C(C=O)=CCc3ccc(O)cc3)c2O)O1. The number of carbonyl (C=O) groups is 1. The van der Waals surface area contributed by atoms with E-state index in [2.05, 4.69) is 6.08 Å². The summed E-state index contributed by atoms with van der Waals surface area (Å²) in [5.41, 5.74) is 2.54. The van der Waals surface area contributed by atoms with Crippen LogP contribution in [-0.4, -0.2) is 33.3 Å². The number of aromatic hydroxyl groups is 2. The van der Waals surface area contributed by atoms with Crippen LogP contribution in [0.2, 0.25) is 0 Å². The first-order valence-corrected chi connectivity index (χ1v) is 10.5. The van der Waals surface area contributed by atoms with Crippen LogP contribution >= 0.6 is 0 Å². The quantitative estimate of drug-likeness (QED) is 0.325. The number of aldehydes is 1. The first-order valence-electron chi connectivity index (χ1n) is 10.5. The lowest BCUT2D eigenvalue weighted by Crippen LogP contribution is -2.42. The van der Waals surface area contributed by atoms with E-state index in [0.29, 0.717) is 41.7 Å². The smallest absolute Gasteiger partial charge is 0.150 e. The Bertz CT molecular complexity index is 995. The fraction of sp³-hybridized carbons (Fsp3) is 0.346. The van der Waals surface area contributed by atoms with Gasteiger partial charge in [-0.2, -0.15) is 0 Å². The highest BCUT2D eigenvalue weighted by Crippen LogP contribution is 2.42. The van der Waals surface area contributed by atoms with Gasteiger partial charge < -0.3 is 20.1 Å². The molecule has 5 heteroatoms. The van der Waals surface area contributed by atoms with Gasteiger partial charge in [0.1, 0.15) is 29.6 Å². The third-order valence-electron chi connectivity index (χ3n) is 5.73. The minimum Gasteiger partial charge on any atom is -0.508 e. The van der Waals surface area contributed by atoms with Crippen LogP contribution in [0.3, 0.4) is 0 Å². The zero-order chi connectivity index (χ0) is 22.6. The van der Waals surface area contributed by atoms with Gasteiger partial charge in [-0.15, -0.1) is 0 Å². The number of allylic oxidation sites excluding steroid dienone is 4. The Hall–Kier alpha value is -3.05. The van der Waals surface area contributed by atoms with Crippen LogP contribution in [-0.2, 0) is 17.6 Å². The number of phenols is 2. The molecule has 0 bridgehead atoms. The van der Waals surface area contributed by atoms with Crippen LogP contribution in [0.25, 0.3) is 5.57 Å². The molecule has 0 aliphatic carbocycles. The van der Waals surface area contributed by atoms with Crippen molar-refractivity contribution in [1.82, 2.24) is 0 Å². The van der Waals surface area contributed by atoms with Crippen molar-refractivity contribution < 1.29 is 24.9 Å². The lowest BCUT2D eigenvalue weighted by Gasteiger charge is -2.29. The van der Waals surface area contributed by atoms with E-state index in [4.69, 9.17) is 4.74 Å². The number of aliphatic hydroxyl groups is 1. The van der Waals surface area contributed by atoms with Gasteiger partial charge in [0.25, 0.3) is 0 Å². The van der Waals surface area contributed by atoms with Crippen molar-refractivity contribution >= 4 is 11.9 Å². The van der Waals surface area contributed by atoms with Crippen molar-refractivity contribution in [3.05, 3.63) is 70.8 Å². The Balaban J connectivity index is 1.79. The van der Waals surface area contributed by atoms with Crippen molar-refractivity contribution in [2.45, 2.75) is 58.2 Å². The zero-order valence-electron chi connectivity index (χ0n) is 18.3. The summed E-state index contributed by atoms with van der Waals surface area (Å²) in [5, 5.41) is 31.2. The Kier molecular flexibility index (Phi) is 6.86. The third kappa shape index (κ3) is 5.36. The number of hydrogen-bond acceptors (Lipinski definition) is 5. The van der Waals surface area contributed by atoms with Gasteiger partial charge in [0.15, 0.2) is 0 Å². The van der Waals surface area contributed by atoms with Crippen molar-refractivity contribution in [3.8, 4) is 17.2 Å². The second kappa shape index (κ2) is 9.40. The minimum atomic E-state index is -1.04. The second-order valence-corrected chi connectivity index (χ2v) is 8.57. The molecule has 2 aromatic rings. The predicted molar refractivity (Wildman–Crippen MR) is 121 cm³/mol. The van der Waals surface area contributed by atoms with Crippen molar-refractivity contribution in [2.24, 2.45) is 0 Å². The molecule has 0 aromatic heterocycles. The van der Waals surface area contributed by atoms with Crippen molar-refractivity contribution in [3.63, 3.8) is 0 Å². The van der Waals surface area contributed by atoms with E-state index in [-0.39, 0.29) is 11.5 Å². The molecule has 1 heterocycles. The summed E-state index contributed by atoms with van der Waals surface area (Å²) in [6.45, 7) is 5.81. The monoisotopic (exact) mass is 422 g/mol. The van der Waals surface area contributed by atoms with Gasteiger partial charge in [-0.1, -0.05) is 29.9 Å². The third-order valence-corrected chi connectivity index (χ3v) is 5.73. The minimum absolute atomic E-state index is 0.0177. The molecule has 1 aliphatic rings. The highest BCUT2D eigenvalue weighted by atomic mass is 16.5. The highest BCUT2D eigenvalue weighted by Gasteiger charge is 2.39. The Morgan fingerprint density at radius 3 is 2.48 bits per heavy atom. The molecule has 2 atom stereocenters. The van der Waals surface area contributed by atoms with Gasteiger partial charge in [-0.05, 0) is 69.9 Å². The van der Waals surface area contributed by atoms with Crippen LogP contribution < -0.4 is 4.74 Å². The second-order valence-electron chi connectivity index (χ2n) is 8.57. The molecule has 1 aliphatic heterocycles. The first-order chi connectivity index (χ1) is 14.7. The number of carbonyl (C=O) groups excluding carboxylic acids is 1. The summed E-state index contributed by atoms with van der Waals surface area (Å²) in [4.78, 5) is 11.7. The van der Waals surface area contributed by atoms with E-state index in [0.717, 1.165) is 18.3 Å². The van der Waals surface area contributed by atoms with E-state index in [1.165, 1.54) is 5.57 Å². The summed E-state index contributed by atoms with van der Waals surface area (Å²) in [6, 6.07) is 10.2. The topological polar surface area (TPSA) is 87.0 Å². The van der Waals surface area contributed by atoms with Gasteiger partial charge >= 0.3 is 0 Å². The summed E-state index contributed by atoms with van der Waals surface area (Å²) < 4.78 is 5.96. The lowest BCUT2D eigenvalue weighted by molar-refractivity contribution is -0.103. The number of ether oxygens (including phenoxy) is 1. The van der Waals surface area contributed by atoms with Crippen molar-refractivity contribution in [1.29, 1.82) is 0 Å². The number of hydrogen-bond donors (Lipinski definition) is 3. The maximum atomic E-state index is 11.7. The Labute approximate surface area is 183 Å².